The number of halogens is 1. The first kappa shape index (κ1) is 8.59. The molecule has 1 aliphatic rings. The fourth-order valence-corrected chi connectivity index (χ4v) is 1.67. The van der Waals surface area contributed by atoms with Crippen LogP contribution in [0.15, 0.2) is 30.6 Å². The van der Waals surface area contributed by atoms with E-state index in [1.807, 2.05) is 0 Å². The highest BCUT2D eigenvalue weighted by molar-refractivity contribution is 5.54. The van der Waals surface area contributed by atoms with Crippen molar-refractivity contribution in [3.05, 3.63) is 36.4 Å². The fraction of sp³-hybridized carbons (Fsp3) is 0.273. The smallest absolute Gasteiger partial charge is 0.164 e. The number of rotatable bonds is 2. The van der Waals surface area contributed by atoms with Gasteiger partial charge in [-0.05, 0) is 37.1 Å². The lowest BCUT2D eigenvalue weighted by atomic mass is 10.2. The maximum atomic E-state index is 12.8. The Morgan fingerprint density at radius 1 is 1.20 bits per heavy atom. The number of hydrogen-bond acceptors (Lipinski definition) is 2. The highest BCUT2D eigenvalue weighted by atomic mass is 19.1. The molecule has 1 heterocycles. The minimum Gasteiger partial charge on any atom is -0.310 e. The topological polar surface area (TPSA) is 30.7 Å². The van der Waals surface area contributed by atoms with E-state index in [4.69, 9.17) is 0 Å². The maximum Gasteiger partial charge on any atom is 0.164 e. The van der Waals surface area contributed by atoms with E-state index in [1.165, 1.54) is 25.0 Å². The highest BCUT2D eigenvalue weighted by Gasteiger charge is 2.26. The van der Waals surface area contributed by atoms with Gasteiger partial charge in [-0.25, -0.2) is 4.39 Å². The minimum absolute atomic E-state index is 0.226. The third-order valence-electron chi connectivity index (χ3n) is 2.62. The van der Waals surface area contributed by atoms with Crippen molar-refractivity contribution in [2.24, 2.45) is 0 Å². The number of nitrogens with zero attached hydrogens (tertiary/aromatic N) is 3. The third kappa shape index (κ3) is 1.52. The molecule has 0 radical (unpaired) electrons. The quantitative estimate of drug-likeness (QED) is 0.750. The lowest BCUT2D eigenvalue weighted by Crippen LogP contribution is -1.95. The summed E-state index contributed by atoms with van der Waals surface area (Å²) < 4.78 is 14.8. The Morgan fingerprint density at radius 2 is 1.93 bits per heavy atom. The second-order valence-electron chi connectivity index (χ2n) is 3.80. The van der Waals surface area contributed by atoms with Crippen LogP contribution in [0.4, 0.5) is 4.39 Å². The summed E-state index contributed by atoms with van der Waals surface area (Å²) in [5.41, 5.74) is 0.917. The summed E-state index contributed by atoms with van der Waals surface area (Å²) in [4.78, 5) is 0. The van der Waals surface area contributed by atoms with Gasteiger partial charge in [-0.15, -0.1) is 10.2 Å². The molecule has 2 aromatic rings. The van der Waals surface area contributed by atoms with E-state index in [1.54, 1.807) is 18.5 Å². The van der Waals surface area contributed by atoms with E-state index in [2.05, 4.69) is 14.8 Å². The van der Waals surface area contributed by atoms with Crippen molar-refractivity contribution in [1.29, 1.82) is 0 Å². The van der Waals surface area contributed by atoms with Crippen molar-refractivity contribution in [3.8, 4) is 11.4 Å². The highest BCUT2D eigenvalue weighted by Crippen LogP contribution is 2.37. The van der Waals surface area contributed by atoms with Gasteiger partial charge in [0.05, 0.1) is 0 Å². The van der Waals surface area contributed by atoms with Crippen LogP contribution in [0.3, 0.4) is 0 Å². The Hall–Kier alpha value is -1.71. The van der Waals surface area contributed by atoms with Gasteiger partial charge >= 0.3 is 0 Å². The van der Waals surface area contributed by atoms with Gasteiger partial charge < -0.3 is 4.57 Å². The van der Waals surface area contributed by atoms with Crippen LogP contribution < -0.4 is 0 Å². The monoisotopic (exact) mass is 203 g/mol. The predicted molar refractivity (Wildman–Crippen MR) is 53.7 cm³/mol. The van der Waals surface area contributed by atoms with E-state index in [-0.39, 0.29) is 5.82 Å². The predicted octanol–water partition coefficient (Wildman–Crippen LogP) is 2.42. The second-order valence-corrected chi connectivity index (χ2v) is 3.80. The summed E-state index contributed by atoms with van der Waals surface area (Å²) in [5, 5.41) is 7.97. The van der Waals surface area contributed by atoms with Crippen LogP contribution in [0.1, 0.15) is 18.9 Å². The molecule has 1 fully saturated rings. The summed E-state index contributed by atoms with van der Waals surface area (Å²) in [6, 6.07) is 6.90. The van der Waals surface area contributed by atoms with E-state index in [0.717, 1.165) is 11.4 Å². The lowest BCUT2D eigenvalue weighted by Gasteiger charge is -2.03. The molecular weight excluding hydrogens is 193 g/mol. The molecule has 76 valence electrons. The zero-order valence-corrected chi connectivity index (χ0v) is 8.10. The largest absolute Gasteiger partial charge is 0.310 e. The average Bonchev–Trinajstić information content (AvgIpc) is 2.98. The molecule has 0 unspecified atom stereocenters. The zero-order valence-electron chi connectivity index (χ0n) is 8.10. The van der Waals surface area contributed by atoms with Gasteiger partial charge in [-0.3, -0.25) is 0 Å². The van der Waals surface area contributed by atoms with Crippen molar-refractivity contribution in [1.82, 2.24) is 14.8 Å². The van der Waals surface area contributed by atoms with E-state index < -0.39 is 0 Å². The van der Waals surface area contributed by atoms with Gasteiger partial charge in [-0.2, -0.15) is 0 Å². The van der Waals surface area contributed by atoms with Crippen molar-refractivity contribution < 1.29 is 4.39 Å². The summed E-state index contributed by atoms with van der Waals surface area (Å²) in [7, 11) is 0. The molecule has 0 bridgehead atoms. The molecule has 4 heteroatoms. The average molecular weight is 203 g/mol. The van der Waals surface area contributed by atoms with E-state index in [9.17, 15) is 4.39 Å². The Bertz CT molecular complexity index is 471. The first-order valence-corrected chi connectivity index (χ1v) is 5.00. The first-order chi connectivity index (χ1) is 7.34. The lowest BCUT2D eigenvalue weighted by molar-refractivity contribution is 0.628. The summed E-state index contributed by atoms with van der Waals surface area (Å²) >= 11 is 0. The molecule has 0 amide bonds. The van der Waals surface area contributed by atoms with Crippen LogP contribution >= 0.6 is 0 Å². The fourth-order valence-electron chi connectivity index (χ4n) is 1.67. The SMILES string of the molecule is Fc1ccc(-c2nncn2C2CC2)cc1. The van der Waals surface area contributed by atoms with Gasteiger partial charge in [0, 0.05) is 11.6 Å². The Morgan fingerprint density at radius 3 is 2.60 bits per heavy atom. The molecule has 1 saturated carbocycles. The molecule has 0 spiro atoms. The van der Waals surface area contributed by atoms with Crippen LogP contribution in [-0.4, -0.2) is 14.8 Å². The molecule has 1 aromatic heterocycles. The second kappa shape index (κ2) is 3.15. The number of benzene rings is 1. The molecule has 0 N–H and O–H groups in total. The van der Waals surface area contributed by atoms with Crippen LogP contribution in [0.5, 0.6) is 0 Å². The minimum atomic E-state index is -0.226. The van der Waals surface area contributed by atoms with Crippen molar-refractivity contribution in [2.45, 2.75) is 18.9 Å². The molecule has 15 heavy (non-hydrogen) atoms. The van der Waals surface area contributed by atoms with Gasteiger partial charge in [0.2, 0.25) is 0 Å². The molecule has 1 aromatic carbocycles. The first-order valence-electron chi connectivity index (χ1n) is 5.00. The molecule has 0 saturated heterocycles. The summed E-state index contributed by atoms with van der Waals surface area (Å²) in [6.07, 6.45) is 4.12. The van der Waals surface area contributed by atoms with Crippen molar-refractivity contribution in [3.63, 3.8) is 0 Å². The van der Waals surface area contributed by atoms with Crippen LogP contribution in [0.2, 0.25) is 0 Å². The van der Waals surface area contributed by atoms with Crippen LogP contribution in [0.25, 0.3) is 11.4 Å². The maximum absolute atomic E-state index is 12.8. The Balaban J connectivity index is 2.04. The van der Waals surface area contributed by atoms with E-state index >= 15 is 0 Å². The van der Waals surface area contributed by atoms with Gasteiger partial charge in [0.15, 0.2) is 5.82 Å². The van der Waals surface area contributed by atoms with E-state index in [0.29, 0.717) is 6.04 Å². The molecule has 1 aliphatic carbocycles. The summed E-state index contributed by atoms with van der Waals surface area (Å²) in [5.74, 6) is 0.605. The molecule has 0 aliphatic heterocycles. The number of hydrogen-bond donors (Lipinski definition) is 0. The van der Waals surface area contributed by atoms with Gasteiger partial charge in [0.1, 0.15) is 12.1 Å². The standard InChI is InChI=1S/C11H10FN3/c12-9-3-1-8(2-4-9)11-14-13-7-15(11)10-5-6-10/h1-4,7,10H,5-6H2. The number of aromatic nitrogens is 3. The molecule has 3 nitrogen and oxygen atoms in total. The van der Waals surface area contributed by atoms with Crippen LogP contribution in [0, 0.1) is 5.82 Å². The van der Waals surface area contributed by atoms with Crippen molar-refractivity contribution in [2.75, 3.05) is 0 Å². The Labute approximate surface area is 86.6 Å². The van der Waals surface area contributed by atoms with Gasteiger partial charge in [0.25, 0.3) is 0 Å². The third-order valence-corrected chi connectivity index (χ3v) is 2.62. The Kier molecular flexibility index (Phi) is 1.80. The molecular formula is C11H10FN3. The van der Waals surface area contributed by atoms with Crippen molar-refractivity contribution >= 4 is 0 Å². The molecule has 0 atom stereocenters. The summed E-state index contributed by atoms with van der Waals surface area (Å²) in [6.45, 7) is 0. The van der Waals surface area contributed by atoms with Gasteiger partial charge in [-0.1, -0.05) is 0 Å². The zero-order chi connectivity index (χ0) is 10.3. The molecule has 3 rings (SSSR count). The normalized spacial score (nSPS) is 15.5. The van der Waals surface area contributed by atoms with Crippen LogP contribution in [-0.2, 0) is 0 Å².